The van der Waals surface area contributed by atoms with E-state index in [0.717, 1.165) is 56.6 Å². The van der Waals surface area contributed by atoms with Gasteiger partial charge >= 0.3 is 0 Å². The van der Waals surface area contributed by atoms with Crippen LogP contribution >= 0.6 is 0 Å². The second-order valence-corrected chi connectivity index (χ2v) is 6.33. The average Bonchev–Trinajstić information content (AvgIpc) is 3.05. The van der Waals surface area contributed by atoms with Crippen molar-refractivity contribution in [3.8, 4) is 11.6 Å². The minimum atomic E-state index is 0.289. The lowest BCUT2D eigenvalue weighted by atomic mass is 9.99. The van der Waals surface area contributed by atoms with Gasteiger partial charge in [0.15, 0.2) is 0 Å². The topological polar surface area (TPSA) is 64.4 Å². The summed E-state index contributed by atoms with van der Waals surface area (Å²) in [6, 6.07) is 8.16. The number of aromatic nitrogens is 3. The highest BCUT2D eigenvalue weighted by molar-refractivity contribution is 5.30. The molecular formula is C17H23N5O2. The summed E-state index contributed by atoms with van der Waals surface area (Å²) in [4.78, 5) is 2.39. The molecule has 1 aromatic heterocycles. The third-order valence-electron chi connectivity index (χ3n) is 4.74. The van der Waals surface area contributed by atoms with Crippen LogP contribution in [0.25, 0.3) is 0 Å². The first-order valence-electron chi connectivity index (χ1n) is 8.45. The van der Waals surface area contributed by atoms with Crippen molar-refractivity contribution in [2.45, 2.75) is 19.0 Å². The highest BCUT2D eigenvalue weighted by Gasteiger charge is 2.26. The number of fused-ring (bicyclic) bond motifs is 1. The van der Waals surface area contributed by atoms with Crippen LogP contribution in [0.3, 0.4) is 0 Å². The summed E-state index contributed by atoms with van der Waals surface area (Å²) in [5, 5.41) is 12.0. The fourth-order valence-electron chi connectivity index (χ4n) is 3.32. The van der Waals surface area contributed by atoms with Crippen LogP contribution in [0.2, 0.25) is 0 Å². The normalized spacial score (nSPS) is 21.1. The van der Waals surface area contributed by atoms with Gasteiger partial charge in [0.25, 0.3) is 0 Å². The zero-order valence-electron chi connectivity index (χ0n) is 13.9. The van der Waals surface area contributed by atoms with Gasteiger partial charge in [0.05, 0.1) is 20.3 Å². The minimum Gasteiger partial charge on any atom is -0.497 e. The van der Waals surface area contributed by atoms with Crippen molar-refractivity contribution >= 4 is 0 Å². The van der Waals surface area contributed by atoms with Gasteiger partial charge in [0.1, 0.15) is 11.4 Å². The summed E-state index contributed by atoms with van der Waals surface area (Å²) in [6.07, 6.45) is 0. The number of hydrogen-bond acceptors (Lipinski definition) is 6. The van der Waals surface area contributed by atoms with E-state index >= 15 is 0 Å². The molecule has 0 radical (unpaired) electrons. The fraction of sp³-hybridized carbons (Fsp3) is 0.529. The number of ether oxygens (including phenoxy) is 2. The Balaban J connectivity index is 1.45. The molecule has 1 atom stereocenters. The molecule has 3 heterocycles. The number of benzene rings is 1. The minimum absolute atomic E-state index is 0.289. The summed E-state index contributed by atoms with van der Waals surface area (Å²) in [5.41, 5.74) is 2.19. The Bertz CT molecular complexity index is 679. The quantitative estimate of drug-likeness (QED) is 0.898. The Morgan fingerprint density at radius 3 is 2.79 bits per heavy atom. The van der Waals surface area contributed by atoms with E-state index in [1.807, 2.05) is 16.8 Å². The monoisotopic (exact) mass is 329 g/mol. The molecule has 128 valence electrons. The number of rotatable bonds is 4. The van der Waals surface area contributed by atoms with E-state index in [-0.39, 0.29) is 5.92 Å². The third-order valence-corrected chi connectivity index (χ3v) is 4.74. The molecule has 0 aliphatic carbocycles. The highest BCUT2D eigenvalue weighted by atomic mass is 16.5. The SMILES string of the molecule is COc1ccc(C2COc3c(CN4CCNCC4)nnn3C2)cc1. The van der Waals surface area contributed by atoms with Crippen LogP contribution in [0, 0.1) is 0 Å². The van der Waals surface area contributed by atoms with Gasteiger partial charge in [-0.05, 0) is 17.7 Å². The molecule has 7 nitrogen and oxygen atoms in total. The van der Waals surface area contributed by atoms with Gasteiger partial charge in [-0.15, -0.1) is 5.10 Å². The van der Waals surface area contributed by atoms with Crippen LogP contribution in [-0.2, 0) is 13.1 Å². The molecule has 1 fully saturated rings. The predicted molar refractivity (Wildman–Crippen MR) is 89.4 cm³/mol. The largest absolute Gasteiger partial charge is 0.497 e. The van der Waals surface area contributed by atoms with Crippen molar-refractivity contribution in [3.05, 3.63) is 35.5 Å². The lowest BCUT2D eigenvalue weighted by molar-refractivity contribution is 0.192. The van der Waals surface area contributed by atoms with E-state index in [1.54, 1.807) is 7.11 Å². The van der Waals surface area contributed by atoms with Gasteiger partial charge in [-0.1, -0.05) is 17.3 Å². The molecule has 0 bridgehead atoms. The van der Waals surface area contributed by atoms with Crippen LogP contribution in [0.5, 0.6) is 11.6 Å². The van der Waals surface area contributed by atoms with Crippen LogP contribution in [0.1, 0.15) is 17.2 Å². The van der Waals surface area contributed by atoms with Crippen molar-refractivity contribution < 1.29 is 9.47 Å². The Morgan fingerprint density at radius 2 is 2.04 bits per heavy atom. The fourth-order valence-corrected chi connectivity index (χ4v) is 3.32. The van der Waals surface area contributed by atoms with Crippen molar-refractivity contribution in [1.29, 1.82) is 0 Å². The first-order chi connectivity index (χ1) is 11.8. The zero-order valence-corrected chi connectivity index (χ0v) is 13.9. The molecule has 0 spiro atoms. The first-order valence-corrected chi connectivity index (χ1v) is 8.45. The van der Waals surface area contributed by atoms with Crippen LogP contribution in [0.15, 0.2) is 24.3 Å². The molecule has 2 aliphatic rings. The lowest BCUT2D eigenvalue weighted by Gasteiger charge is -2.27. The van der Waals surface area contributed by atoms with Gasteiger partial charge in [-0.25, -0.2) is 4.68 Å². The Labute approximate surface area is 141 Å². The third kappa shape index (κ3) is 3.09. The number of piperazine rings is 1. The Kier molecular flexibility index (Phi) is 4.36. The Morgan fingerprint density at radius 1 is 1.25 bits per heavy atom. The number of nitrogens with zero attached hydrogens (tertiary/aromatic N) is 4. The highest BCUT2D eigenvalue weighted by Crippen LogP contribution is 2.29. The first kappa shape index (κ1) is 15.4. The molecule has 0 saturated carbocycles. The molecule has 7 heteroatoms. The Hall–Kier alpha value is -2.12. The van der Waals surface area contributed by atoms with Crippen LogP contribution < -0.4 is 14.8 Å². The molecular weight excluding hydrogens is 306 g/mol. The van der Waals surface area contributed by atoms with E-state index in [9.17, 15) is 0 Å². The second-order valence-electron chi connectivity index (χ2n) is 6.33. The molecule has 1 saturated heterocycles. The molecule has 2 aromatic rings. The van der Waals surface area contributed by atoms with E-state index in [0.29, 0.717) is 6.61 Å². The molecule has 24 heavy (non-hydrogen) atoms. The van der Waals surface area contributed by atoms with Crippen molar-refractivity contribution in [2.24, 2.45) is 0 Å². The number of hydrogen-bond donors (Lipinski definition) is 1. The summed E-state index contributed by atoms with van der Waals surface area (Å²) in [6.45, 7) is 6.42. The van der Waals surface area contributed by atoms with E-state index in [1.165, 1.54) is 5.56 Å². The number of nitrogens with one attached hydrogen (secondary N) is 1. The van der Waals surface area contributed by atoms with E-state index in [2.05, 4.69) is 32.7 Å². The van der Waals surface area contributed by atoms with Gasteiger partial charge in [-0.3, -0.25) is 4.90 Å². The van der Waals surface area contributed by atoms with Gasteiger partial charge < -0.3 is 14.8 Å². The van der Waals surface area contributed by atoms with Crippen molar-refractivity contribution in [1.82, 2.24) is 25.2 Å². The maximum Gasteiger partial charge on any atom is 0.237 e. The predicted octanol–water partition coefficient (Wildman–Crippen LogP) is 0.868. The van der Waals surface area contributed by atoms with E-state index < -0.39 is 0 Å². The summed E-state index contributed by atoms with van der Waals surface area (Å²) < 4.78 is 13.1. The van der Waals surface area contributed by atoms with Crippen LogP contribution in [-0.4, -0.2) is 59.8 Å². The van der Waals surface area contributed by atoms with Crippen molar-refractivity contribution in [2.75, 3.05) is 39.9 Å². The summed E-state index contributed by atoms with van der Waals surface area (Å²) in [7, 11) is 1.68. The average molecular weight is 329 g/mol. The maximum atomic E-state index is 6.02. The van der Waals surface area contributed by atoms with E-state index in [4.69, 9.17) is 9.47 Å². The molecule has 1 aromatic carbocycles. The summed E-state index contributed by atoms with van der Waals surface area (Å²) in [5.74, 6) is 1.99. The second kappa shape index (κ2) is 6.78. The standard InChI is InChI=1S/C17H23N5O2/c1-23-15-4-2-13(3-5-15)14-10-22-17(24-12-14)16(19-20-22)11-21-8-6-18-7-9-21/h2-5,14,18H,6-12H2,1H3. The van der Waals surface area contributed by atoms with Crippen LogP contribution in [0.4, 0.5) is 0 Å². The van der Waals surface area contributed by atoms with Gasteiger partial charge in [0.2, 0.25) is 5.88 Å². The smallest absolute Gasteiger partial charge is 0.237 e. The van der Waals surface area contributed by atoms with Gasteiger partial charge in [-0.2, -0.15) is 0 Å². The maximum absolute atomic E-state index is 6.02. The molecule has 4 rings (SSSR count). The summed E-state index contributed by atoms with van der Waals surface area (Å²) >= 11 is 0. The number of methoxy groups -OCH3 is 1. The van der Waals surface area contributed by atoms with Crippen molar-refractivity contribution in [3.63, 3.8) is 0 Å². The molecule has 1 unspecified atom stereocenters. The van der Waals surface area contributed by atoms with Gasteiger partial charge in [0, 0.05) is 38.6 Å². The lowest BCUT2D eigenvalue weighted by Crippen LogP contribution is -2.43. The molecule has 2 aliphatic heterocycles. The molecule has 0 amide bonds. The molecule has 1 N–H and O–H groups in total. The zero-order chi connectivity index (χ0) is 16.4.